The maximum absolute atomic E-state index is 12.0. The summed E-state index contributed by atoms with van der Waals surface area (Å²) in [5.74, 6) is -0.739. The lowest BCUT2D eigenvalue weighted by atomic mass is 10.2. The summed E-state index contributed by atoms with van der Waals surface area (Å²) in [5, 5.41) is 6.56. The van der Waals surface area contributed by atoms with Gasteiger partial charge in [0, 0.05) is 4.47 Å². The minimum Gasteiger partial charge on any atom is -0.493 e. The van der Waals surface area contributed by atoms with Gasteiger partial charge in [-0.05, 0) is 53.6 Å². The number of hydrazone groups is 1. The van der Waals surface area contributed by atoms with Crippen LogP contribution in [0.15, 0.2) is 76.3 Å². The van der Waals surface area contributed by atoms with E-state index in [0.717, 1.165) is 10.0 Å². The number of benzene rings is 3. The molecule has 0 atom stereocenters. The van der Waals surface area contributed by atoms with Crippen LogP contribution in [-0.2, 0) is 16.2 Å². The fraction of sp³-hybridized carbons (Fsp3) is 0.0870. The SMILES string of the molecule is COc1cc(/C=N\NC(=O)C(=O)Nc2ccccc2Cl)ccc1OCc1ccc(Br)cc1. The highest BCUT2D eigenvalue weighted by Gasteiger charge is 2.14. The molecule has 0 aliphatic heterocycles. The monoisotopic (exact) mass is 515 g/mol. The van der Waals surface area contributed by atoms with Crippen LogP contribution < -0.4 is 20.2 Å². The molecule has 0 heterocycles. The second kappa shape index (κ2) is 11.3. The molecule has 32 heavy (non-hydrogen) atoms. The molecule has 3 aromatic rings. The summed E-state index contributed by atoms with van der Waals surface area (Å²) < 4.78 is 12.2. The summed E-state index contributed by atoms with van der Waals surface area (Å²) in [6.45, 7) is 0.383. The highest BCUT2D eigenvalue weighted by molar-refractivity contribution is 9.10. The second-order valence-electron chi connectivity index (χ2n) is 6.46. The van der Waals surface area contributed by atoms with E-state index in [2.05, 4.69) is 31.8 Å². The molecular formula is C23H19BrClN3O4. The molecule has 0 aromatic heterocycles. The lowest BCUT2D eigenvalue weighted by Crippen LogP contribution is -2.32. The van der Waals surface area contributed by atoms with E-state index >= 15 is 0 Å². The fourth-order valence-corrected chi connectivity index (χ4v) is 3.03. The minimum atomic E-state index is -0.928. The number of carbonyl (C=O) groups excluding carboxylic acids is 2. The smallest absolute Gasteiger partial charge is 0.329 e. The van der Waals surface area contributed by atoms with Crippen LogP contribution in [0, 0.1) is 0 Å². The molecule has 0 fully saturated rings. The standard InChI is InChI=1S/C23H19BrClN3O4/c1-31-21-12-16(8-11-20(21)32-14-15-6-9-17(24)10-7-15)13-26-28-23(30)22(29)27-19-5-3-2-4-18(19)25/h2-13H,14H2,1H3,(H,27,29)(H,28,30)/b26-13-. The van der Waals surface area contributed by atoms with Crippen molar-refractivity contribution in [1.82, 2.24) is 5.43 Å². The molecule has 0 saturated heterocycles. The van der Waals surface area contributed by atoms with Crippen LogP contribution in [-0.4, -0.2) is 25.1 Å². The van der Waals surface area contributed by atoms with Crippen molar-refractivity contribution < 1.29 is 19.1 Å². The van der Waals surface area contributed by atoms with Gasteiger partial charge < -0.3 is 14.8 Å². The zero-order chi connectivity index (χ0) is 22.9. The Morgan fingerprint density at radius 2 is 1.78 bits per heavy atom. The zero-order valence-corrected chi connectivity index (χ0v) is 19.3. The number of anilines is 1. The predicted molar refractivity (Wildman–Crippen MR) is 127 cm³/mol. The second-order valence-corrected chi connectivity index (χ2v) is 7.78. The molecule has 3 rings (SSSR count). The van der Waals surface area contributed by atoms with Crippen molar-refractivity contribution in [1.29, 1.82) is 0 Å². The Balaban J connectivity index is 1.57. The maximum atomic E-state index is 12.0. The average molecular weight is 517 g/mol. The van der Waals surface area contributed by atoms with Crippen molar-refractivity contribution in [3.8, 4) is 11.5 Å². The Bertz CT molecular complexity index is 1140. The highest BCUT2D eigenvalue weighted by atomic mass is 79.9. The lowest BCUT2D eigenvalue weighted by Gasteiger charge is -2.11. The van der Waals surface area contributed by atoms with Crippen molar-refractivity contribution >= 4 is 51.2 Å². The molecule has 0 aliphatic carbocycles. The average Bonchev–Trinajstić information content (AvgIpc) is 2.80. The Morgan fingerprint density at radius 1 is 1.03 bits per heavy atom. The minimum absolute atomic E-state index is 0.326. The van der Waals surface area contributed by atoms with E-state index in [4.69, 9.17) is 21.1 Å². The lowest BCUT2D eigenvalue weighted by molar-refractivity contribution is -0.136. The van der Waals surface area contributed by atoms with Crippen LogP contribution in [0.25, 0.3) is 0 Å². The molecule has 0 saturated carbocycles. The first-order valence-corrected chi connectivity index (χ1v) is 10.6. The van der Waals surface area contributed by atoms with Gasteiger partial charge in [0.1, 0.15) is 6.61 Å². The molecule has 2 amide bonds. The van der Waals surface area contributed by atoms with E-state index in [1.54, 1.807) is 42.5 Å². The number of nitrogens with one attached hydrogen (secondary N) is 2. The normalized spacial score (nSPS) is 10.6. The van der Waals surface area contributed by atoms with Crippen molar-refractivity contribution in [2.24, 2.45) is 5.10 Å². The molecule has 164 valence electrons. The first-order chi connectivity index (χ1) is 15.5. The number of ether oxygens (including phenoxy) is 2. The molecule has 0 aliphatic rings. The largest absolute Gasteiger partial charge is 0.493 e. The van der Waals surface area contributed by atoms with Crippen LogP contribution >= 0.6 is 27.5 Å². The van der Waals surface area contributed by atoms with Gasteiger partial charge in [-0.15, -0.1) is 0 Å². The van der Waals surface area contributed by atoms with Crippen molar-refractivity contribution in [2.75, 3.05) is 12.4 Å². The number of rotatable bonds is 7. The third-order valence-electron chi connectivity index (χ3n) is 4.20. The number of hydrogen-bond donors (Lipinski definition) is 2. The van der Waals surface area contributed by atoms with Gasteiger partial charge in [0.05, 0.1) is 24.0 Å². The summed E-state index contributed by atoms with van der Waals surface area (Å²) >= 11 is 9.36. The fourth-order valence-electron chi connectivity index (χ4n) is 2.58. The molecule has 3 aromatic carbocycles. The summed E-state index contributed by atoms with van der Waals surface area (Å²) in [4.78, 5) is 23.9. The molecule has 0 spiro atoms. The maximum Gasteiger partial charge on any atom is 0.329 e. The van der Waals surface area contributed by atoms with Crippen molar-refractivity contribution in [3.63, 3.8) is 0 Å². The molecule has 9 heteroatoms. The van der Waals surface area contributed by atoms with E-state index in [1.807, 2.05) is 24.3 Å². The number of para-hydroxylation sites is 1. The van der Waals surface area contributed by atoms with E-state index in [0.29, 0.717) is 34.4 Å². The van der Waals surface area contributed by atoms with Crippen LogP contribution in [0.2, 0.25) is 5.02 Å². The molecule has 7 nitrogen and oxygen atoms in total. The molecule has 2 N–H and O–H groups in total. The van der Waals surface area contributed by atoms with Gasteiger partial charge in [-0.25, -0.2) is 5.43 Å². The molecular weight excluding hydrogens is 498 g/mol. The molecule has 0 unspecified atom stereocenters. The highest BCUT2D eigenvalue weighted by Crippen LogP contribution is 2.28. The van der Waals surface area contributed by atoms with Gasteiger partial charge in [-0.1, -0.05) is 51.8 Å². The number of halogens is 2. The van der Waals surface area contributed by atoms with Gasteiger partial charge in [-0.3, -0.25) is 9.59 Å². The third-order valence-corrected chi connectivity index (χ3v) is 5.06. The zero-order valence-electron chi connectivity index (χ0n) is 17.0. The van der Waals surface area contributed by atoms with Crippen molar-refractivity contribution in [2.45, 2.75) is 6.61 Å². The van der Waals surface area contributed by atoms with Gasteiger partial charge in [-0.2, -0.15) is 5.10 Å². The Labute approximate surface area is 198 Å². The van der Waals surface area contributed by atoms with E-state index in [9.17, 15) is 9.59 Å². The van der Waals surface area contributed by atoms with Gasteiger partial charge in [0.25, 0.3) is 0 Å². The number of amides is 2. The Morgan fingerprint density at radius 3 is 2.50 bits per heavy atom. The summed E-state index contributed by atoms with van der Waals surface area (Å²) in [6.07, 6.45) is 1.39. The Hall–Kier alpha value is -3.36. The quantitative estimate of drug-likeness (QED) is 0.269. The molecule has 0 radical (unpaired) electrons. The van der Waals surface area contributed by atoms with E-state index < -0.39 is 11.8 Å². The third kappa shape index (κ3) is 6.57. The van der Waals surface area contributed by atoms with Crippen molar-refractivity contribution in [3.05, 3.63) is 87.4 Å². The van der Waals surface area contributed by atoms with E-state index in [1.165, 1.54) is 13.3 Å². The number of hydrogen-bond acceptors (Lipinski definition) is 5. The number of methoxy groups -OCH3 is 1. The summed E-state index contributed by atoms with van der Waals surface area (Å²) in [5.41, 5.74) is 4.16. The number of carbonyl (C=O) groups is 2. The molecule has 0 bridgehead atoms. The van der Waals surface area contributed by atoms with Gasteiger partial charge in [0.2, 0.25) is 0 Å². The number of nitrogens with zero attached hydrogens (tertiary/aromatic N) is 1. The summed E-state index contributed by atoms with van der Waals surface area (Å²) in [7, 11) is 1.53. The predicted octanol–water partition coefficient (Wildman–Crippen LogP) is 4.78. The first kappa shape index (κ1) is 23.3. The van der Waals surface area contributed by atoms with Gasteiger partial charge >= 0.3 is 11.8 Å². The summed E-state index contributed by atoms with van der Waals surface area (Å²) in [6, 6.07) is 19.6. The van der Waals surface area contributed by atoms with Gasteiger partial charge in [0.15, 0.2) is 11.5 Å². The van der Waals surface area contributed by atoms with Crippen LogP contribution in [0.3, 0.4) is 0 Å². The first-order valence-electron chi connectivity index (χ1n) is 9.40. The van der Waals surface area contributed by atoms with Crippen LogP contribution in [0.1, 0.15) is 11.1 Å². The van der Waals surface area contributed by atoms with Crippen LogP contribution in [0.4, 0.5) is 5.69 Å². The van der Waals surface area contributed by atoms with E-state index in [-0.39, 0.29) is 0 Å². The topological polar surface area (TPSA) is 89.0 Å². The van der Waals surface area contributed by atoms with Crippen LogP contribution in [0.5, 0.6) is 11.5 Å². The Kier molecular flexibility index (Phi) is 8.24.